The molecule has 1 aliphatic rings. The number of unbranched alkanes of at least 4 members (excludes halogenated alkanes) is 2. The van der Waals surface area contributed by atoms with Crippen molar-refractivity contribution in [3.8, 4) is 24.7 Å². The Labute approximate surface area is 176 Å². The van der Waals surface area contributed by atoms with Gasteiger partial charge in [-0.15, -0.1) is 12.8 Å². The van der Waals surface area contributed by atoms with Gasteiger partial charge in [0, 0.05) is 31.5 Å². The average Bonchev–Trinajstić information content (AvgIpc) is 3.04. The van der Waals surface area contributed by atoms with E-state index in [2.05, 4.69) is 27.8 Å². The molecule has 9 heteroatoms. The third-order valence-corrected chi connectivity index (χ3v) is 4.25. The smallest absolute Gasteiger partial charge is 0.253 e. The Kier molecular flexibility index (Phi) is 11.1. The molecule has 0 radical (unpaired) electrons. The maximum absolute atomic E-state index is 12.2. The number of carbonyl (C=O) groups excluding carboxylic acids is 5. The summed E-state index contributed by atoms with van der Waals surface area (Å²) in [5.74, 6) is 2.77. The molecule has 0 unspecified atom stereocenters. The number of hydrogen-bond acceptors (Lipinski definition) is 5. The second kappa shape index (κ2) is 13.6. The van der Waals surface area contributed by atoms with Gasteiger partial charge in [-0.2, -0.15) is 0 Å². The Morgan fingerprint density at radius 1 is 0.900 bits per heavy atom. The molecule has 5 amide bonds. The van der Waals surface area contributed by atoms with Gasteiger partial charge in [-0.1, -0.05) is 18.3 Å². The minimum absolute atomic E-state index is 0.0112. The van der Waals surface area contributed by atoms with E-state index in [1.54, 1.807) is 0 Å². The van der Waals surface area contributed by atoms with Gasteiger partial charge in [0.25, 0.3) is 11.8 Å². The minimum atomic E-state index is -0.895. The highest BCUT2D eigenvalue weighted by Crippen LogP contribution is 2.08. The highest BCUT2D eigenvalue weighted by atomic mass is 16.2. The molecule has 9 nitrogen and oxygen atoms in total. The first-order chi connectivity index (χ1) is 14.4. The molecule has 30 heavy (non-hydrogen) atoms. The molecule has 0 aromatic heterocycles. The van der Waals surface area contributed by atoms with Crippen LogP contribution in [0.5, 0.6) is 0 Å². The summed E-state index contributed by atoms with van der Waals surface area (Å²) >= 11 is 0. The summed E-state index contributed by atoms with van der Waals surface area (Å²) in [4.78, 5) is 60.1. The SMILES string of the molecule is C#CCNC(=O)CC[C@H](NC(=O)CCCCCN1C(=O)C=CC1=O)C(=O)NCC#C. The first-order valence-electron chi connectivity index (χ1n) is 9.63. The average molecular weight is 414 g/mol. The Morgan fingerprint density at radius 3 is 2.17 bits per heavy atom. The summed E-state index contributed by atoms with van der Waals surface area (Å²) in [5, 5.41) is 7.60. The first kappa shape index (κ1) is 24.4. The number of hydrogen-bond donors (Lipinski definition) is 3. The normalized spacial score (nSPS) is 13.3. The predicted octanol–water partition coefficient (Wildman–Crippen LogP) is -0.764. The molecule has 0 aromatic carbocycles. The molecule has 1 aliphatic heterocycles. The monoisotopic (exact) mass is 414 g/mol. The van der Waals surface area contributed by atoms with Crippen molar-refractivity contribution in [3.05, 3.63) is 12.2 Å². The molecule has 0 aliphatic carbocycles. The maximum Gasteiger partial charge on any atom is 0.253 e. The predicted molar refractivity (Wildman–Crippen MR) is 109 cm³/mol. The van der Waals surface area contributed by atoms with Crippen LogP contribution >= 0.6 is 0 Å². The van der Waals surface area contributed by atoms with Crippen molar-refractivity contribution in [2.45, 2.75) is 44.6 Å². The molecule has 1 heterocycles. The van der Waals surface area contributed by atoms with E-state index in [4.69, 9.17) is 12.8 Å². The van der Waals surface area contributed by atoms with E-state index >= 15 is 0 Å². The third kappa shape index (κ3) is 9.07. The number of nitrogens with one attached hydrogen (secondary N) is 3. The van der Waals surface area contributed by atoms with E-state index in [-0.39, 0.29) is 56.0 Å². The summed E-state index contributed by atoms with van der Waals surface area (Å²) in [6.07, 6.45) is 14.7. The highest BCUT2D eigenvalue weighted by molar-refractivity contribution is 6.12. The number of nitrogens with zero attached hydrogens (tertiary/aromatic N) is 1. The lowest BCUT2D eigenvalue weighted by Crippen LogP contribution is -2.47. The zero-order valence-electron chi connectivity index (χ0n) is 16.7. The maximum atomic E-state index is 12.2. The van der Waals surface area contributed by atoms with Crippen molar-refractivity contribution in [1.82, 2.24) is 20.9 Å². The Balaban J connectivity index is 2.38. The largest absolute Gasteiger partial charge is 0.345 e. The fourth-order valence-electron chi connectivity index (χ4n) is 2.69. The Morgan fingerprint density at radius 2 is 1.53 bits per heavy atom. The van der Waals surface area contributed by atoms with Crippen LogP contribution in [0, 0.1) is 24.7 Å². The summed E-state index contributed by atoms with van der Waals surface area (Å²) in [7, 11) is 0. The van der Waals surface area contributed by atoms with Gasteiger partial charge in [-0.25, -0.2) is 0 Å². The van der Waals surface area contributed by atoms with Crippen LogP contribution in [0.4, 0.5) is 0 Å². The lowest BCUT2D eigenvalue weighted by Gasteiger charge is -2.18. The minimum Gasteiger partial charge on any atom is -0.345 e. The quantitative estimate of drug-likeness (QED) is 0.208. The van der Waals surface area contributed by atoms with Crippen LogP contribution in [0.3, 0.4) is 0 Å². The molecule has 0 spiro atoms. The molecule has 0 fully saturated rings. The number of rotatable bonds is 13. The molecule has 0 saturated heterocycles. The van der Waals surface area contributed by atoms with Crippen molar-refractivity contribution in [2.75, 3.05) is 19.6 Å². The fourth-order valence-corrected chi connectivity index (χ4v) is 2.69. The summed E-state index contributed by atoms with van der Waals surface area (Å²) < 4.78 is 0. The van der Waals surface area contributed by atoms with Gasteiger partial charge in [0.15, 0.2) is 0 Å². The van der Waals surface area contributed by atoms with Gasteiger partial charge < -0.3 is 16.0 Å². The van der Waals surface area contributed by atoms with Crippen molar-refractivity contribution in [1.29, 1.82) is 0 Å². The van der Waals surface area contributed by atoms with Crippen LogP contribution in [0.2, 0.25) is 0 Å². The molecule has 160 valence electrons. The van der Waals surface area contributed by atoms with Gasteiger partial charge in [0.2, 0.25) is 17.7 Å². The Hall–Kier alpha value is -3.59. The van der Waals surface area contributed by atoms with Gasteiger partial charge >= 0.3 is 0 Å². The lowest BCUT2D eigenvalue weighted by atomic mass is 10.1. The van der Waals surface area contributed by atoms with Crippen LogP contribution in [0.25, 0.3) is 0 Å². The molecular formula is C21H26N4O5. The summed E-state index contributed by atoms with van der Waals surface area (Å²) in [6.45, 7) is 0.400. The molecule has 0 aromatic rings. The van der Waals surface area contributed by atoms with E-state index in [1.165, 1.54) is 12.2 Å². The van der Waals surface area contributed by atoms with E-state index < -0.39 is 11.9 Å². The fraction of sp³-hybridized carbons (Fsp3) is 0.476. The summed E-state index contributed by atoms with van der Waals surface area (Å²) in [6, 6.07) is -0.895. The molecule has 1 atom stereocenters. The van der Waals surface area contributed by atoms with Crippen molar-refractivity contribution in [3.63, 3.8) is 0 Å². The van der Waals surface area contributed by atoms with Gasteiger partial charge in [-0.05, 0) is 19.3 Å². The molecule has 0 saturated carbocycles. The molecule has 0 bridgehead atoms. The van der Waals surface area contributed by atoms with E-state index in [1.807, 2.05) is 0 Å². The van der Waals surface area contributed by atoms with Crippen LogP contribution < -0.4 is 16.0 Å². The number of carbonyl (C=O) groups is 5. The highest BCUT2D eigenvalue weighted by Gasteiger charge is 2.23. The summed E-state index contributed by atoms with van der Waals surface area (Å²) in [5.41, 5.74) is 0. The van der Waals surface area contributed by atoms with E-state index in [0.717, 1.165) is 4.90 Å². The van der Waals surface area contributed by atoms with Crippen LogP contribution in [-0.2, 0) is 24.0 Å². The molecule has 1 rings (SSSR count). The topological polar surface area (TPSA) is 125 Å². The second-order valence-electron chi connectivity index (χ2n) is 6.53. The molecule has 3 N–H and O–H groups in total. The number of amides is 5. The van der Waals surface area contributed by atoms with Gasteiger partial charge in [0.05, 0.1) is 13.1 Å². The zero-order valence-corrected chi connectivity index (χ0v) is 16.7. The first-order valence-corrected chi connectivity index (χ1v) is 9.63. The van der Waals surface area contributed by atoms with Crippen molar-refractivity contribution < 1.29 is 24.0 Å². The van der Waals surface area contributed by atoms with Gasteiger partial charge in [0.1, 0.15) is 6.04 Å². The van der Waals surface area contributed by atoms with Crippen molar-refractivity contribution in [2.24, 2.45) is 0 Å². The third-order valence-electron chi connectivity index (χ3n) is 4.25. The van der Waals surface area contributed by atoms with Crippen LogP contribution in [0.15, 0.2) is 12.2 Å². The lowest BCUT2D eigenvalue weighted by molar-refractivity contribution is -0.137. The van der Waals surface area contributed by atoms with E-state index in [9.17, 15) is 24.0 Å². The second-order valence-corrected chi connectivity index (χ2v) is 6.53. The van der Waals surface area contributed by atoms with Crippen LogP contribution in [-0.4, -0.2) is 60.1 Å². The van der Waals surface area contributed by atoms with Crippen LogP contribution in [0.1, 0.15) is 38.5 Å². The molecular weight excluding hydrogens is 388 g/mol. The number of terminal acetylenes is 2. The number of imide groups is 1. The van der Waals surface area contributed by atoms with Gasteiger partial charge in [-0.3, -0.25) is 28.9 Å². The zero-order chi connectivity index (χ0) is 22.4. The Bertz CT molecular complexity index is 757. The van der Waals surface area contributed by atoms with E-state index in [0.29, 0.717) is 25.8 Å². The van der Waals surface area contributed by atoms with Crippen molar-refractivity contribution >= 4 is 29.5 Å². The standard InChI is InChI=1S/C21H26N4O5/c1-3-13-22-17(26)10-9-16(21(30)23-14-4-2)24-18(27)8-6-5-7-15-25-19(28)11-12-20(25)29/h1-2,11-12,16H,5-10,13-15H2,(H,22,26)(H,23,30)(H,24,27)/t16-/m0/s1.